The van der Waals surface area contributed by atoms with Crippen molar-refractivity contribution in [1.29, 1.82) is 0 Å². The number of amides is 1. The van der Waals surface area contributed by atoms with E-state index in [9.17, 15) is 18.0 Å². The number of carbonyl (C=O) groups is 1. The lowest BCUT2D eigenvalue weighted by molar-refractivity contribution is -0.135. The van der Waals surface area contributed by atoms with E-state index in [1.165, 1.54) is 6.08 Å². The first-order chi connectivity index (χ1) is 8.94. The van der Waals surface area contributed by atoms with Crippen molar-refractivity contribution in [2.45, 2.75) is 6.18 Å². The lowest BCUT2D eigenvalue weighted by atomic mass is 10.2. The van der Waals surface area contributed by atoms with Crippen LogP contribution in [0.5, 0.6) is 0 Å². The van der Waals surface area contributed by atoms with E-state index in [1.807, 2.05) is 12.1 Å². The Bertz CT molecular complexity index is 581. The van der Waals surface area contributed by atoms with Gasteiger partial charge in [0.15, 0.2) is 0 Å². The minimum atomic E-state index is -4.41. The molecule has 0 aliphatic carbocycles. The van der Waals surface area contributed by atoms with E-state index >= 15 is 0 Å². The summed E-state index contributed by atoms with van der Waals surface area (Å²) in [6, 6.07) is 8.93. The van der Waals surface area contributed by atoms with E-state index in [0.717, 1.165) is 11.5 Å². The van der Waals surface area contributed by atoms with Crippen molar-refractivity contribution in [3.05, 3.63) is 42.2 Å². The van der Waals surface area contributed by atoms with Gasteiger partial charge in [-0.3, -0.25) is 4.79 Å². The first-order valence-corrected chi connectivity index (χ1v) is 5.45. The van der Waals surface area contributed by atoms with Gasteiger partial charge in [0.25, 0.3) is 0 Å². The monoisotopic (exact) mass is 269 g/mol. The lowest BCUT2D eigenvalue weighted by Gasteiger charge is -2.05. The van der Waals surface area contributed by atoms with E-state index in [1.54, 1.807) is 23.5 Å². The standard InChI is InChI=1S/C13H10F3NO2/c14-13(15,16)8-17-12(18)6-5-10-7-9-3-1-2-4-11(9)19-10/h1-7H,8H2,(H,17,18)/b6-5+. The van der Waals surface area contributed by atoms with Gasteiger partial charge in [0.2, 0.25) is 5.91 Å². The third-order valence-corrected chi connectivity index (χ3v) is 2.31. The van der Waals surface area contributed by atoms with Crippen LogP contribution in [0.2, 0.25) is 0 Å². The number of hydrogen-bond acceptors (Lipinski definition) is 2. The molecule has 0 radical (unpaired) electrons. The molecule has 0 atom stereocenters. The number of nitrogens with one attached hydrogen (secondary N) is 1. The molecule has 0 unspecified atom stereocenters. The third kappa shape index (κ3) is 3.87. The number of rotatable bonds is 3. The van der Waals surface area contributed by atoms with E-state index < -0.39 is 18.6 Å². The fourth-order valence-corrected chi connectivity index (χ4v) is 1.49. The Balaban J connectivity index is 2.00. The zero-order chi connectivity index (χ0) is 13.9. The molecule has 0 aliphatic rings. The molecule has 1 aromatic heterocycles. The molecule has 0 fully saturated rings. The van der Waals surface area contributed by atoms with Crippen LogP contribution in [0, 0.1) is 0 Å². The fraction of sp³-hybridized carbons (Fsp3) is 0.154. The third-order valence-electron chi connectivity index (χ3n) is 2.31. The van der Waals surface area contributed by atoms with Crippen molar-refractivity contribution in [3.8, 4) is 0 Å². The van der Waals surface area contributed by atoms with E-state index in [4.69, 9.17) is 4.42 Å². The van der Waals surface area contributed by atoms with Crippen LogP contribution < -0.4 is 5.32 Å². The molecule has 0 saturated carbocycles. The van der Waals surface area contributed by atoms with Crippen molar-refractivity contribution >= 4 is 23.0 Å². The summed E-state index contributed by atoms with van der Waals surface area (Å²) in [5, 5.41) is 2.59. The Morgan fingerprint density at radius 1 is 1.32 bits per heavy atom. The minimum absolute atomic E-state index is 0.406. The van der Waals surface area contributed by atoms with E-state index in [-0.39, 0.29) is 0 Å². The molecule has 2 rings (SSSR count). The molecule has 1 amide bonds. The molecule has 0 aliphatic heterocycles. The molecule has 6 heteroatoms. The van der Waals surface area contributed by atoms with Crippen LogP contribution in [-0.4, -0.2) is 18.6 Å². The Kier molecular flexibility index (Phi) is 3.59. The highest BCUT2D eigenvalue weighted by molar-refractivity contribution is 5.92. The number of carbonyl (C=O) groups excluding carboxylic acids is 1. The summed E-state index contributed by atoms with van der Waals surface area (Å²) in [7, 11) is 0. The quantitative estimate of drug-likeness (QED) is 0.870. The van der Waals surface area contributed by atoms with Crippen LogP contribution in [-0.2, 0) is 4.79 Å². The van der Waals surface area contributed by atoms with Gasteiger partial charge in [-0.25, -0.2) is 0 Å². The van der Waals surface area contributed by atoms with Crippen molar-refractivity contribution in [1.82, 2.24) is 5.32 Å². The first-order valence-electron chi connectivity index (χ1n) is 5.45. The molecule has 3 nitrogen and oxygen atoms in total. The topological polar surface area (TPSA) is 42.2 Å². The van der Waals surface area contributed by atoms with Crippen LogP contribution in [0.4, 0.5) is 13.2 Å². The number of halogens is 3. The zero-order valence-corrected chi connectivity index (χ0v) is 9.70. The van der Waals surface area contributed by atoms with Gasteiger partial charge in [-0.15, -0.1) is 0 Å². The second-order valence-electron chi connectivity index (χ2n) is 3.85. The normalized spacial score (nSPS) is 12.2. The summed E-state index contributed by atoms with van der Waals surface area (Å²) in [5.41, 5.74) is 0.651. The molecule has 0 bridgehead atoms. The second kappa shape index (κ2) is 5.17. The van der Waals surface area contributed by atoms with Crippen LogP contribution >= 0.6 is 0 Å². The van der Waals surface area contributed by atoms with Crippen molar-refractivity contribution in [2.24, 2.45) is 0 Å². The predicted molar refractivity (Wildman–Crippen MR) is 64.3 cm³/mol. The van der Waals surface area contributed by atoms with Gasteiger partial charge < -0.3 is 9.73 Å². The van der Waals surface area contributed by atoms with Gasteiger partial charge >= 0.3 is 6.18 Å². The maximum Gasteiger partial charge on any atom is 0.405 e. The SMILES string of the molecule is O=C(/C=C/c1cc2ccccc2o1)NCC(F)(F)F. The number of furan rings is 1. The largest absolute Gasteiger partial charge is 0.457 e. The van der Waals surface area contributed by atoms with Crippen LogP contribution in [0.3, 0.4) is 0 Å². The highest BCUT2D eigenvalue weighted by Crippen LogP contribution is 2.19. The molecule has 19 heavy (non-hydrogen) atoms. The van der Waals surface area contributed by atoms with Gasteiger partial charge in [0.1, 0.15) is 17.9 Å². The van der Waals surface area contributed by atoms with Crippen molar-refractivity contribution in [3.63, 3.8) is 0 Å². The minimum Gasteiger partial charge on any atom is -0.457 e. The molecule has 1 N–H and O–H groups in total. The number of para-hydroxylation sites is 1. The van der Waals surface area contributed by atoms with Gasteiger partial charge in [0, 0.05) is 11.5 Å². The summed E-state index contributed by atoms with van der Waals surface area (Å²) >= 11 is 0. The van der Waals surface area contributed by atoms with Gasteiger partial charge in [0.05, 0.1) is 0 Å². The highest BCUT2D eigenvalue weighted by atomic mass is 19.4. The van der Waals surface area contributed by atoms with E-state index in [2.05, 4.69) is 0 Å². The van der Waals surface area contributed by atoms with E-state index in [0.29, 0.717) is 11.3 Å². The average molecular weight is 269 g/mol. The van der Waals surface area contributed by atoms with Crippen molar-refractivity contribution < 1.29 is 22.4 Å². The summed E-state index contributed by atoms with van der Waals surface area (Å²) in [6.45, 7) is -1.35. The smallest absolute Gasteiger partial charge is 0.405 e. The Morgan fingerprint density at radius 3 is 2.74 bits per heavy atom. The van der Waals surface area contributed by atoms with Crippen LogP contribution in [0.15, 0.2) is 40.8 Å². The number of benzene rings is 1. The maximum absolute atomic E-state index is 11.9. The molecule has 1 aromatic carbocycles. The molecule has 1 heterocycles. The lowest BCUT2D eigenvalue weighted by Crippen LogP contribution is -2.32. The van der Waals surface area contributed by atoms with Gasteiger partial charge in [-0.1, -0.05) is 18.2 Å². The average Bonchev–Trinajstić information content (AvgIpc) is 2.75. The van der Waals surface area contributed by atoms with Crippen LogP contribution in [0.1, 0.15) is 5.76 Å². The number of fused-ring (bicyclic) bond motifs is 1. The van der Waals surface area contributed by atoms with Crippen LogP contribution in [0.25, 0.3) is 17.0 Å². The first kappa shape index (κ1) is 13.2. The molecule has 100 valence electrons. The molecule has 2 aromatic rings. The van der Waals surface area contributed by atoms with Gasteiger partial charge in [-0.2, -0.15) is 13.2 Å². The van der Waals surface area contributed by atoms with Gasteiger partial charge in [-0.05, 0) is 18.2 Å². The Labute approximate surface area is 106 Å². The maximum atomic E-state index is 11.9. The fourth-order valence-electron chi connectivity index (χ4n) is 1.49. The summed E-state index contributed by atoms with van der Waals surface area (Å²) in [6.07, 6.45) is -2.09. The number of alkyl halides is 3. The predicted octanol–water partition coefficient (Wildman–Crippen LogP) is 3.12. The zero-order valence-electron chi connectivity index (χ0n) is 9.70. The Hall–Kier alpha value is -2.24. The summed E-state index contributed by atoms with van der Waals surface area (Å²) in [5.74, 6) is -0.416. The summed E-state index contributed by atoms with van der Waals surface area (Å²) < 4.78 is 41.0. The van der Waals surface area contributed by atoms with Crippen molar-refractivity contribution in [2.75, 3.05) is 6.54 Å². The molecule has 0 saturated heterocycles. The molecule has 0 spiro atoms. The highest BCUT2D eigenvalue weighted by Gasteiger charge is 2.27. The summed E-state index contributed by atoms with van der Waals surface area (Å²) in [4.78, 5) is 11.1. The second-order valence-corrected chi connectivity index (χ2v) is 3.85. The Morgan fingerprint density at radius 2 is 2.05 bits per heavy atom. The number of hydrogen-bond donors (Lipinski definition) is 1. The molecular formula is C13H10F3NO2. The molecular weight excluding hydrogens is 259 g/mol.